The summed E-state index contributed by atoms with van der Waals surface area (Å²) in [6.07, 6.45) is 0.734. The fourth-order valence-corrected chi connectivity index (χ4v) is 4.29. The van der Waals surface area contributed by atoms with Crippen LogP contribution in [0.15, 0.2) is 36.4 Å². The van der Waals surface area contributed by atoms with Crippen molar-refractivity contribution in [1.82, 2.24) is 14.8 Å². The smallest absolute Gasteiger partial charge is 0.354 e. The van der Waals surface area contributed by atoms with Gasteiger partial charge in [-0.2, -0.15) is 0 Å². The minimum absolute atomic E-state index is 0.0601. The number of benzene rings is 1. The van der Waals surface area contributed by atoms with Crippen LogP contribution in [0.1, 0.15) is 44.6 Å². The number of rotatable bonds is 7. The van der Waals surface area contributed by atoms with E-state index in [1.165, 1.54) is 0 Å². The normalized spacial score (nSPS) is 18.0. The highest BCUT2D eigenvalue weighted by atomic mass is 16.5. The monoisotopic (exact) mass is 559 g/mol. The Balaban J connectivity index is 1.51. The molecule has 220 valence electrons. The zero-order valence-corrected chi connectivity index (χ0v) is 23.3. The zero-order chi connectivity index (χ0) is 28.6. The molecule has 11 nitrogen and oxygen atoms in total. The molecule has 1 saturated heterocycles. The van der Waals surface area contributed by atoms with Crippen LogP contribution in [0.4, 0.5) is 0 Å². The summed E-state index contributed by atoms with van der Waals surface area (Å²) in [7, 11) is 0. The van der Waals surface area contributed by atoms with Gasteiger partial charge in [0.15, 0.2) is 0 Å². The van der Waals surface area contributed by atoms with E-state index in [4.69, 9.17) is 18.9 Å². The van der Waals surface area contributed by atoms with Crippen LogP contribution in [0.25, 0.3) is 0 Å². The van der Waals surface area contributed by atoms with Crippen molar-refractivity contribution in [2.24, 2.45) is 0 Å². The number of hydrogen-bond acceptors (Lipinski definition) is 9. The summed E-state index contributed by atoms with van der Waals surface area (Å²) >= 11 is 0. The van der Waals surface area contributed by atoms with Crippen LogP contribution in [0.3, 0.4) is 0 Å². The first-order chi connectivity index (χ1) is 19.4. The van der Waals surface area contributed by atoms with Gasteiger partial charge in [-0.3, -0.25) is 9.80 Å². The van der Waals surface area contributed by atoms with Crippen LogP contribution in [0.2, 0.25) is 0 Å². The number of ether oxygens (including phenoxy) is 4. The van der Waals surface area contributed by atoms with Crippen LogP contribution in [-0.4, -0.2) is 116 Å². The van der Waals surface area contributed by atoms with Crippen LogP contribution >= 0.6 is 0 Å². The highest BCUT2D eigenvalue weighted by Gasteiger charge is 2.13. The Bertz CT molecular complexity index is 1050. The molecule has 3 rings (SSSR count). The van der Waals surface area contributed by atoms with Crippen molar-refractivity contribution >= 4 is 11.9 Å². The first-order valence-electron chi connectivity index (χ1n) is 13.8. The average molecular weight is 560 g/mol. The summed E-state index contributed by atoms with van der Waals surface area (Å²) in [6.45, 7) is 9.59. The van der Waals surface area contributed by atoms with Crippen molar-refractivity contribution in [2.75, 3.05) is 79.0 Å². The van der Waals surface area contributed by atoms with Gasteiger partial charge in [-0.1, -0.05) is 19.1 Å². The van der Waals surface area contributed by atoms with Gasteiger partial charge in [0.05, 0.1) is 64.1 Å². The van der Waals surface area contributed by atoms with Gasteiger partial charge in [-0.25, -0.2) is 14.6 Å². The quantitative estimate of drug-likeness (QED) is 0.519. The van der Waals surface area contributed by atoms with Gasteiger partial charge in [0.2, 0.25) is 0 Å². The standard InChI is InChI=1S/C29H41N3O8/c1-2-23-19-26(30-27(20-23)29(35)36)22-32-8-12-39-16-14-37-10-6-31(7-11-38-15-17-40-13-9-32)21-24-4-3-5-25(18-24)28(33)34/h3-5,18-20H,2,6-17,21-22H2,1H3,(H,33,34)(H,35,36). The highest BCUT2D eigenvalue weighted by Crippen LogP contribution is 2.11. The predicted octanol–water partition coefficient (Wildman–Crippen LogP) is 2.42. The highest BCUT2D eigenvalue weighted by molar-refractivity contribution is 5.87. The Morgan fingerprint density at radius 3 is 1.77 bits per heavy atom. The van der Waals surface area contributed by atoms with Crippen molar-refractivity contribution in [1.29, 1.82) is 0 Å². The fourth-order valence-electron chi connectivity index (χ4n) is 4.29. The molecule has 2 aromatic rings. The number of carbonyl (C=O) groups is 2. The predicted molar refractivity (Wildman–Crippen MR) is 148 cm³/mol. The lowest BCUT2D eigenvalue weighted by Crippen LogP contribution is -2.33. The second-order valence-corrected chi connectivity index (χ2v) is 9.52. The summed E-state index contributed by atoms with van der Waals surface area (Å²) in [6, 6.07) is 10.5. The molecule has 0 atom stereocenters. The van der Waals surface area contributed by atoms with Crippen molar-refractivity contribution in [2.45, 2.75) is 26.4 Å². The van der Waals surface area contributed by atoms with E-state index in [9.17, 15) is 19.8 Å². The molecule has 1 aliphatic heterocycles. The van der Waals surface area contributed by atoms with Gasteiger partial charge in [-0.05, 0) is 41.8 Å². The van der Waals surface area contributed by atoms with Crippen LogP contribution < -0.4 is 0 Å². The van der Waals surface area contributed by atoms with Crippen LogP contribution in [0, 0.1) is 0 Å². The molecule has 0 saturated carbocycles. The van der Waals surface area contributed by atoms with Crippen molar-refractivity contribution in [3.63, 3.8) is 0 Å². The first kappa shape index (κ1) is 31.6. The van der Waals surface area contributed by atoms with E-state index in [0.29, 0.717) is 97.8 Å². The minimum Gasteiger partial charge on any atom is -0.478 e. The number of aryl methyl sites for hydroxylation is 1. The number of carboxylic acids is 2. The van der Waals surface area contributed by atoms with Crippen molar-refractivity contribution in [3.8, 4) is 0 Å². The third-order valence-corrected chi connectivity index (χ3v) is 6.48. The van der Waals surface area contributed by atoms with E-state index in [0.717, 1.165) is 17.5 Å². The Hall–Kier alpha value is -2.93. The molecule has 2 N–H and O–H groups in total. The Labute approximate surface area is 235 Å². The summed E-state index contributed by atoms with van der Waals surface area (Å²) in [5.41, 5.74) is 2.91. The second kappa shape index (κ2) is 17.7. The number of carboxylic acid groups (broad SMARTS) is 2. The van der Waals surface area contributed by atoms with Crippen LogP contribution in [-0.2, 0) is 38.5 Å². The van der Waals surface area contributed by atoms with Gasteiger partial charge in [0.25, 0.3) is 0 Å². The number of aromatic carboxylic acids is 2. The molecular weight excluding hydrogens is 518 g/mol. The maximum Gasteiger partial charge on any atom is 0.354 e. The van der Waals surface area contributed by atoms with E-state index in [1.54, 1.807) is 24.3 Å². The van der Waals surface area contributed by atoms with E-state index in [2.05, 4.69) is 14.8 Å². The lowest BCUT2D eigenvalue weighted by molar-refractivity contribution is 0.00610. The van der Waals surface area contributed by atoms with Crippen molar-refractivity contribution in [3.05, 3.63) is 64.5 Å². The minimum atomic E-state index is -1.03. The van der Waals surface area contributed by atoms with E-state index in [1.807, 2.05) is 19.1 Å². The molecule has 0 radical (unpaired) electrons. The molecule has 0 aliphatic carbocycles. The zero-order valence-electron chi connectivity index (χ0n) is 23.3. The lowest BCUT2D eigenvalue weighted by atomic mass is 10.1. The molecule has 40 heavy (non-hydrogen) atoms. The Morgan fingerprint density at radius 1 is 0.725 bits per heavy atom. The molecule has 1 fully saturated rings. The number of pyridine rings is 1. The van der Waals surface area contributed by atoms with Gasteiger partial charge in [0, 0.05) is 39.3 Å². The molecule has 1 aliphatic rings. The maximum atomic E-state index is 11.5. The average Bonchev–Trinajstić information content (AvgIpc) is 2.94. The second-order valence-electron chi connectivity index (χ2n) is 9.52. The molecule has 0 spiro atoms. The summed E-state index contributed by atoms with van der Waals surface area (Å²) in [5, 5.41) is 18.7. The van der Waals surface area contributed by atoms with E-state index in [-0.39, 0.29) is 11.3 Å². The molecular formula is C29H41N3O8. The van der Waals surface area contributed by atoms with Crippen LogP contribution in [0.5, 0.6) is 0 Å². The van der Waals surface area contributed by atoms with Gasteiger partial charge < -0.3 is 29.2 Å². The lowest BCUT2D eigenvalue weighted by Gasteiger charge is -2.24. The number of hydrogen-bond donors (Lipinski definition) is 2. The maximum absolute atomic E-state index is 11.5. The summed E-state index contributed by atoms with van der Waals surface area (Å²) in [5.74, 6) is -1.97. The van der Waals surface area contributed by atoms with Gasteiger partial charge in [0.1, 0.15) is 5.69 Å². The van der Waals surface area contributed by atoms with E-state index >= 15 is 0 Å². The third-order valence-electron chi connectivity index (χ3n) is 6.48. The summed E-state index contributed by atoms with van der Waals surface area (Å²) in [4.78, 5) is 31.5. The van der Waals surface area contributed by atoms with Gasteiger partial charge >= 0.3 is 11.9 Å². The van der Waals surface area contributed by atoms with Gasteiger partial charge in [-0.15, -0.1) is 0 Å². The molecule has 0 unspecified atom stereocenters. The Morgan fingerprint density at radius 2 is 1.27 bits per heavy atom. The molecule has 0 bridgehead atoms. The molecule has 1 aromatic carbocycles. The summed E-state index contributed by atoms with van der Waals surface area (Å²) < 4.78 is 23.2. The third kappa shape index (κ3) is 11.7. The SMILES string of the molecule is CCc1cc(CN2CCOCCOCCN(Cc3cccc(C(=O)O)c3)CCOCCOCC2)nc(C(=O)O)c1. The van der Waals surface area contributed by atoms with E-state index < -0.39 is 11.9 Å². The topological polar surface area (TPSA) is 131 Å². The fraction of sp³-hybridized carbons (Fsp3) is 0.552. The Kier molecular flexibility index (Phi) is 14.0. The number of nitrogens with zero attached hydrogens (tertiary/aromatic N) is 3. The molecule has 0 amide bonds. The molecule has 1 aromatic heterocycles. The molecule has 2 heterocycles. The number of aromatic nitrogens is 1. The molecule has 11 heteroatoms. The van der Waals surface area contributed by atoms with Crippen molar-refractivity contribution < 1.29 is 38.7 Å². The largest absolute Gasteiger partial charge is 0.478 e. The first-order valence-corrected chi connectivity index (χ1v) is 13.8.